The third-order valence-corrected chi connectivity index (χ3v) is 5.16. The van der Waals surface area contributed by atoms with Gasteiger partial charge < -0.3 is 29.4 Å². The normalized spacial score (nSPS) is 25.8. The zero-order chi connectivity index (χ0) is 19.4. The maximum Gasteiger partial charge on any atom is 0.469 e. The molecule has 2 aliphatic rings. The summed E-state index contributed by atoms with van der Waals surface area (Å²) in [4.78, 5) is 46.1. The second kappa shape index (κ2) is 6.48. The molecule has 0 spiro atoms. The third-order valence-electron chi connectivity index (χ3n) is 4.61. The Hall–Kier alpha value is -1.69. The van der Waals surface area contributed by atoms with Crippen molar-refractivity contribution in [1.82, 2.24) is 9.13 Å². The van der Waals surface area contributed by atoms with E-state index in [2.05, 4.69) is 0 Å². The average Bonchev–Trinajstić information content (AvgIpc) is 3.10. The number of aromatic nitrogens is 2. The summed E-state index contributed by atoms with van der Waals surface area (Å²) < 4.78 is 23.8. The van der Waals surface area contributed by atoms with Crippen LogP contribution >= 0.6 is 7.82 Å². The molecule has 1 aromatic heterocycles. The number of aliphatic hydroxyl groups is 1. The second-order valence-corrected chi connectivity index (χ2v) is 7.56. The van der Waals surface area contributed by atoms with Gasteiger partial charge >= 0.3 is 13.5 Å². The van der Waals surface area contributed by atoms with Gasteiger partial charge in [0.25, 0.3) is 5.56 Å². The number of ether oxygens (including phenoxy) is 1. The number of hydrogen-bond acceptors (Lipinski definition) is 8. The molecule has 1 aromatic rings. The van der Waals surface area contributed by atoms with Crippen LogP contribution in [0.5, 0.6) is 0 Å². The van der Waals surface area contributed by atoms with Gasteiger partial charge in [-0.1, -0.05) is 0 Å². The van der Waals surface area contributed by atoms with Crippen molar-refractivity contribution in [2.75, 3.05) is 30.1 Å². The summed E-state index contributed by atoms with van der Waals surface area (Å²) in [7, 11) is -0.164. The summed E-state index contributed by atoms with van der Waals surface area (Å²) in [5.41, 5.74) is -0.639. The highest BCUT2D eigenvalue weighted by atomic mass is 31.2. The Morgan fingerprint density at radius 2 is 1.88 bits per heavy atom. The lowest BCUT2D eigenvalue weighted by atomic mass is 10.2. The third kappa shape index (κ3) is 3.08. The van der Waals surface area contributed by atoms with Crippen LogP contribution in [0, 0.1) is 0 Å². The number of anilines is 2. The zero-order valence-electron chi connectivity index (χ0n) is 14.5. The minimum Gasteiger partial charge on any atom is -0.394 e. The van der Waals surface area contributed by atoms with Crippen LogP contribution in [0.1, 0.15) is 6.42 Å². The summed E-state index contributed by atoms with van der Waals surface area (Å²) >= 11 is 0. The largest absolute Gasteiger partial charge is 0.469 e. The Bertz CT molecular complexity index is 876. The fraction of sp³-hybridized carbons (Fsp3) is 0.692. The van der Waals surface area contributed by atoms with Crippen molar-refractivity contribution in [3.05, 3.63) is 20.8 Å². The van der Waals surface area contributed by atoms with E-state index in [1.165, 1.54) is 18.7 Å². The molecule has 3 heterocycles. The predicted molar refractivity (Wildman–Crippen MR) is 90.0 cm³/mol. The Balaban J connectivity index is 1.98. The SMILES string of the molecule is CN1CN([C@H]2C[C@H](OP(=O)(O)O)[C@@H](CO)O2)c2c1c(=O)n(C)c(=O)n2C. The summed E-state index contributed by atoms with van der Waals surface area (Å²) in [5.74, 6) is 0.346. The highest BCUT2D eigenvalue weighted by Gasteiger charge is 2.45. The summed E-state index contributed by atoms with van der Waals surface area (Å²) in [5, 5.41) is 9.42. The van der Waals surface area contributed by atoms with Crippen molar-refractivity contribution in [3.63, 3.8) is 0 Å². The van der Waals surface area contributed by atoms with E-state index in [-0.39, 0.29) is 13.1 Å². The number of phosphoric acid groups is 1. The lowest BCUT2D eigenvalue weighted by Gasteiger charge is -2.27. The first kappa shape index (κ1) is 19.1. The van der Waals surface area contributed by atoms with Crippen LogP contribution in [0.25, 0.3) is 0 Å². The van der Waals surface area contributed by atoms with Gasteiger partial charge in [0.1, 0.15) is 29.9 Å². The highest BCUT2D eigenvalue weighted by molar-refractivity contribution is 7.46. The maximum atomic E-state index is 12.4. The second-order valence-electron chi connectivity index (χ2n) is 6.37. The number of phosphoric ester groups is 1. The molecule has 12 nitrogen and oxygen atoms in total. The van der Waals surface area contributed by atoms with Crippen molar-refractivity contribution < 1.29 is 28.7 Å². The monoisotopic (exact) mass is 392 g/mol. The molecule has 0 unspecified atom stereocenters. The standard InChI is InChI=1S/C13H21N4O8P/c1-14-6-17(11-10(14)12(19)16(3)13(20)15(11)2)9-4-7(8(5-18)24-9)25-26(21,22)23/h7-9,18H,4-6H2,1-3H3,(H2,21,22,23)/t7-,8+,9+/m0/s1. The molecule has 3 N–H and O–H groups in total. The lowest BCUT2D eigenvalue weighted by Crippen LogP contribution is -2.41. The quantitative estimate of drug-likeness (QED) is 0.486. The van der Waals surface area contributed by atoms with Crippen molar-refractivity contribution in [1.29, 1.82) is 0 Å². The van der Waals surface area contributed by atoms with Crippen molar-refractivity contribution in [2.45, 2.75) is 24.9 Å². The van der Waals surface area contributed by atoms with Gasteiger partial charge in [0.2, 0.25) is 0 Å². The first-order chi connectivity index (χ1) is 12.0. The van der Waals surface area contributed by atoms with Gasteiger partial charge in [0.15, 0.2) is 0 Å². The van der Waals surface area contributed by atoms with E-state index in [0.29, 0.717) is 11.5 Å². The molecular weight excluding hydrogens is 371 g/mol. The maximum absolute atomic E-state index is 12.4. The summed E-state index contributed by atoms with van der Waals surface area (Å²) in [6.07, 6.45) is -2.65. The minimum absolute atomic E-state index is 0.0486. The molecule has 0 saturated carbocycles. The van der Waals surface area contributed by atoms with E-state index >= 15 is 0 Å². The fourth-order valence-electron chi connectivity index (χ4n) is 3.42. The molecule has 3 atom stereocenters. The van der Waals surface area contributed by atoms with Gasteiger partial charge in [0, 0.05) is 27.6 Å². The first-order valence-electron chi connectivity index (χ1n) is 7.83. The van der Waals surface area contributed by atoms with Crippen LogP contribution in [0.4, 0.5) is 11.5 Å². The van der Waals surface area contributed by atoms with E-state index in [1.54, 1.807) is 16.8 Å². The Morgan fingerprint density at radius 1 is 1.23 bits per heavy atom. The summed E-state index contributed by atoms with van der Waals surface area (Å²) in [6, 6.07) is 0. The van der Waals surface area contributed by atoms with Gasteiger partial charge in [-0.15, -0.1) is 0 Å². The molecule has 0 aromatic carbocycles. The van der Waals surface area contributed by atoms with Crippen LogP contribution in [0.3, 0.4) is 0 Å². The number of fused-ring (bicyclic) bond motifs is 1. The fourth-order valence-corrected chi connectivity index (χ4v) is 3.99. The van der Waals surface area contributed by atoms with Gasteiger partial charge in [-0.3, -0.25) is 18.5 Å². The molecule has 26 heavy (non-hydrogen) atoms. The van der Waals surface area contributed by atoms with Crippen molar-refractivity contribution in [2.24, 2.45) is 14.1 Å². The van der Waals surface area contributed by atoms with E-state index in [0.717, 1.165) is 4.57 Å². The van der Waals surface area contributed by atoms with E-state index in [4.69, 9.17) is 19.0 Å². The number of aliphatic hydroxyl groups excluding tert-OH is 1. The molecular formula is C13H21N4O8P. The first-order valence-corrected chi connectivity index (χ1v) is 9.36. The summed E-state index contributed by atoms with van der Waals surface area (Å²) in [6.45, 7) is -0.263. The van der Waals surface area contributed by atoms with E-state index < -0.39 is 44.1 Å². The Kier molecular flexibility index (Phi) is 4.76. The molecule has 13 heteroatoms. The van der Waals surface area contributed by atoms with Gasteiger partial charge in [-0.05, 0) is 0 Å². The molecule has 1 saturated heterocycles. The smallest absolute Gasteiger partial charge is 0.394 e. The Labute approximate surface area is 148 Å². The molecule has 0 bridgehead atoms. The Morgan fingerprint density at radius 3 is 2.46 bits per heavy atom. The van der Waals surface area contributed by atoms with Crippen LogP contribution in [-0.2, 0) is 27.9 Å². The van der Waals surface area contributed by atoms with E-state index in [1.807, 2.05) is 0 Å². The molecule has 3 rings (SSSR count). The van der Waals surface area contributed by atoms with Crippen LogP contribution in [-0.4, -0.2) is 62.8 Å². The predicted octanol–water partition coefficient (Wildman–Crippen LogP) is -2.12. The van der Waals surface area contributed by atoms with Crippen LogP contribution in [0.2, 0.25) is 0 Å². The van der Waals surface area contributed by atoms with Gasteiger partial charge in [-0.25, -0.2) is 9.36 Å². The molecule has 146 valence electrons. The number of rotatable bonds is 4. The molecule has 1 fully saturated rings. The minimum atomic E-state index is -4.76. The van der Waals surface area contributed by atoms with Crippen LogP contribution < -0.4 is 21.0 Å². The molecule has 0 radical (unpaired) electrons. The highest BCUT2D eigenvalue weighted by Crippen LogP contribution is 2.43. The average molecular weight is 392 g/mol. The van der Waals surface area contributed by atoms with Gasteiger partial charge in [-0.2, -0.15) is 0 Å². The van der Waals surface area contributed by atoms with E-state index in [9.17, 15) is 19.3 Å². The van der Waals surface area contributed by atoms with Gasteiger partial charge in [0.05, 0.1) is 13.3 Å². The van der Waals surface area contributed by atoms with Crippen molar-refractivity contribution in [3.8, 4) is 0 Å². The zero-order valence-corrected chi connectivity index (χ0v) is 15.4. The number of hydrogen-bond donors (Lipinski definition) is 3. The topological polar surface area (TPSA) is 147 Å². The lowest BCUT2D eigenvalue weighted by molar-refractivity contribution is -0.0217. The molecule has 0 amide bonds. The van der Waals surface area contributed by atoms with Crippen molar-refractivity contribution >= 4 is 19.3 Å². The molecule has 2 aliphatic heterocycles. The van der Waals surface area contributed by atoms with Crippen LogP contribution in [0.15, 0.2) is 9.59 Å². The molecule has 0 aliphatic carbocycles. The number of nitrogens with zero attached hydrogens (tertiary/aromatic N) is 4.